The monoisotopic (exact) mass is 330 g/mol. The van der Waals surface area contributed by atoms with Gasteiger partial charge in [-0.05, 0) is 70.0 Å². The average Bonchev–Trinajstić information content (AvgIpc) is 2.67. The van der Waals surface area contributed by atoms with Crippen LogP contribution in [0.4, 0.5) is 0 Å². The van der Waals surface area contributed by atoms with E-state index in [1.54, 1.807) is 6.20 Å². The van der Waals surface area contributed by atoms with E-state index in [1.165, 1.54) is 32.5 Å². The molecule has 1 N–H and O–H groups in total. The van der Waals surface area contributed by atoms with E-state index < -0.39 is 0 Å². The highest BCUT2D eigenvalue weighted by molar-refractivity contribution is 5.78. The molecular formula is C19H30N4O. The van der Waals surface area contributed by atoms with Crippen molar-refractivity contribution in [2.45, 2.75) is 45.2 Å². The molecular weight excluding hydrogens is 300 g/mol. The standard InChI is InChI=1S/C19H30N4O/c1-2-22-10-7-18(8-11-22)23-12-5-17(6-13-23)19(24)21-15-16-4-3-9-20-14-16/h3-4,9,14,17-18H,2,5-8,10-13,15H2,1H3,(H,21,24). The molecule has 0 unspecified atom stereocenters. The summed E-state index contributed by atoms with van der Waals surface area (Å²) < 4.78 is 0. The topological polar surface area (TPSA) is 48.5 Å². The molecule has 0 spiro atoms. The fourth-order valence-corrected chi connectivity index (χ4v) is 3.96. The number of likely N-dealkylation sites (tertiary alicyclic amines) is 2. The van der Waals surface area contributed by atoms with Crippen LogP contribution in [-0.4, -0.2) is 59.5 Å². The third-order valence-electron chi connectivity index (χ3n) is 5.61. The first kappa shape index (κ1) is 17.4. The minimum atomic E-state index is 0.175. The smallest absolute Gasteiger partial charge is 0.223 e. The predicted octanol–water partition coefficient (Wildman–Crippen LogP) is 1.89. The molecule has 2 fully saturated rings. The second-order valence-corrected chi connectivity index (χ2v) is 7.05. The van der Waals surface area contributed by atoms with Gasteiger partial charge in [-0.1, -0.05) is 13.0 Å². The molecule has 2 aliphatic heterocycles. The Labute approximate surface area is 145 Å². The van der Waals surface area contributed by atoms with Crippen LogP contribution in [0, 0.1) is 5.92 Å². The molecule has 3 rings (SSSR count). The Morgan fingerprint density at radius 3 is 2.58 bits per heavy atom. The van der Waals surface area contributed by atoms with Gasteiger partial charge in [-0.25, -0.2) is 0 Å². The number of aromatic nitrogens is 1. The van der Waals surface area contributed by atoms with Gasteiger partial charge in [0.2, 0.25) is 5.91 Å². The second kappa shape index (κ2) is 8.58. The number of nitrogens with zero attached hydrogens (tertiary/aromatic N) is 3. The minimum absolute atomic E-state index is 0.175. The van der Waals surface area contributed by atoms with Crippen molar-refractivity contribution in [2.24, 2.45) is 5.92 Å². The Morgan fingerprint density at radius 1 is 1.21 bits per heavy atom. The molecule has 0 aliphatic carbocycles. The van der Waals surface area contributed by atoms with Crippen LogP contribution in [-0.2, 0) is 11.3 Å². The summed E-state index contributed by atoms with van der Waals surface area (Å²) in [7, 11) is 0. The molecule has 1 aromatic rings. The first-order valence-corrected chi connectivity index (χ1v) is 9.39. The van der Waals surface area contributed by atoms with E-state index >= 15 is 0 Å². The molecule has 2 aliphatic rings. The largest absolute Gasteiger partial charge is 0.352 e. The SMILES string of the molecule is CCN1CCC(N2CCC(C(=O)NCc3cccnc3)CC2)CC1. The number of rotatable bonds is 5. The Morgan fingerprint density at radius 2 is 1.96 bits per heavy atom. The lowest BCUT2D eigenvalue weighted by Crippen LogP contribution is -2.49. The lowest BCUT2D eigenvalue weighted by Gasteiger charge is -2.41. The van der Waals surface area contributed by atoms with Gasteiger partial charge in [0, 0.05) is 30.9 Å². The maximum atomic E-state index is 12.4. The highest BCUT2D eigenvalue weighted by Crippen LogP contribution is 2.24. The zero-order valence-corrected chi connectivity index (χ0v) is 14.8. The van der Waals surface area contributed by atoms with Crippen LogP contribution >= 0.6 is 0 Å². The molecule has 132 valence electrons. The van der Waals surface area contributed by atoms with Crippen molar-refractivity contribution >= 4 is 5.91 Å². The summed E-state index contributed by atoms with van der Waals surface area (Å²) in [4.78, 5) is 21.6. The average molecular weight is 330 g/mol. The van der Waals surface area contributed by atoms with Crippen molar-refractivity contribution in [1.82, 2.24) is 20.1 Å². The number of carbonyl (C=O) groups excluding carboxylic acids is 1. The van der Waals surface area contributed by atoms with Gasteiger partial charge in [-0.3, -0.25) is 9.78 Å². The molecule has 1 aromatic heterocycles. The Bertz CT molecular complexity index is 505. The van der Waals surface area contributed by atoms with Crippen LogP contribution < -0.4 is 5.32 Å². The molecule has 0 radical (unpaired) electrons. The van der Waals surface area contributed by atoms with Crippen molar-refractivity contribution in [3.63, 3.8) is 0 Å². The van der Waals surface area contributed by atoms with Gasteiger partial charge in [0.25, 0.3) is 0 Å². The number of amides is 1. The van der Waals surface area contributed by atoms with Gasteiger partial charge in [0.15, 0.2) is 0 Å². The van der Waals surface area contributed by atoms with Crippen molar-refractivity contribution < 1.29 is 4.79 Å². The van der Waals surface area contributed by atoms with E-state index in [2.05, 4.69) is 27.0 Å². The Balaban J connectivity index is 1.39. The summed E-state index contributed by atoms with van der Waals surface area (Å²) in [5, 5.41) is 3.07. The fourth-order valence-electron chi connectivity index (χ4n) is 3.96. The molecule has 0 aromatic carbocycles. The van der Waals surface area contributed by atoms with Gasteiger partial charge in [-0.2, -0.15) is 0 Å². The molecule has 5 heteroatoms. The Hall–Kier alpha value is -1.46. The van der Waals surface area contributed by atoms with Crippen LogP contribution in [0.3, 0.4) is 0 Å². The molecule has 3 heterocycles. The van der Waals surface area contributed by atoms with Crippen molar-refractivity contribution in [3.8, 4) is 0 Å². The van der Waals surface area contributed by atoms with E-state index in [1.807, 2.05) is 18.3 Å². The third-order valence-corrected chi connectivity index (χ3v) is 5.61. The molecule has 1 amide bonds. The first-order valence-electron chi connectivity index (χ1n) is 9.39. The molecule has 5 nitrogen and oxygen atoms in total. The predicted molar refractivity (Wildman–Crippen MR) is 95.5 cm³/mol. The number of piperidine rings is 2. The quantitative estimate of drug-likeness (QED) is 0.896. The van der Waals surface area contributed by atoms with Crippen LogP contribution in [0.1, 0.15) is 38.2 Å². The van der Waals surface area contributed by atoms with Crippen molar-refractivity contribution in [1.29, 1.82) is 0 Å². The van der Waals surface area contributed by atoms with E-state index in [9.17, 15) is 4.79 Å². The maximum absolute atomic E-state index is 12.4. The van der Waals surface area contributed by atoms with Crippen LogP contribution in [0.5, 0.6) is 0 Å². The minimum Gasteiger partial charge on any atom is -0.352 e. The summed E-state index contributed by atoms with van der Waals surface area (Å²) in [6.07, 6.45) is 8.12. The number of nitrogens with one attached hydrogen (secondary N) is 1. The summed E-state index contributed by atoms with van der Waals surface area (Å²) in [5.41, 5.74) is 1.06. The molecule has 2 saturated heterocycles. The van der Waals surface area contributed by atoms with E-state index in [-0.39, 0.29) is 11.8 Å². The highest BCUT2D eigenvalue weighted by atomic mass is 16.1. The van der Waals surface area contributed by atoms with Gasteiger partial charge in [-0.15, -0.1) is 0 Å². The number of hydrogen-bond donors (Lipinski definition) is 1. The normalized spacial score (nSPS) is 21.7. The summed E-state index contributed by atoms with van der Waals surface area (Å²) in [5.74, 6) is 0.382. The first-order chi connectivity index (χ1) is 11.8. The van der Waals surface area contributed by atoms with Gasteiger partial charge >= 0.3 is 0 Å². The third kappa shape index (κ3) is 4.54. The number of hydrogen-bond acceptors (Lipinski definition) is 4. The van der Waals surface area contributed by atoms with Gasteiger partial charge < -0.3 is 15.1 Å². The molecule has 24 heavy (non-hydrogen) atoms. The van der Waals surface area contributed by atoms with E-state index in [0.29, 0.717) is 6.54 Å². The van der Waals surface area contributed by atoms with E-state index in [0.717, 1.165) is 37.5 Å². The van der Waals surface area contributed by atoms with E-state index in [4.69, 9.17) is 0 Å². The number of pyridine rings is 1. The maximum Gasteiger partial charge on any atom is 0.223 e. The summed E-state index contributed by atoms with van der Waals surface area (Å²) in [6, 6.07) is 4.63. The van der Waals surface area contributed by atoms with Crippen molar-refractivity contribution in [2.75, 3.05) is 32.7 Å². The highest BCUT2D eigenvalue weighted by Gasteiger charge is 2.30. The summed E-state index contributed by atoms with van der Waals surface area (Å²) >= 11 is 0. The zero-order valence-electron chi connectivity index (χ0n) is 14.8. The lowest BCUT2D eigenvalue weighted by molar-refractivity contribution is -0.126. The molecule has 0 bridgehead atoms. The lowest BCUT2D eigenvalue weighted by atomic mass is 9.92. The molecule has 0 atom stereocenters. The van der Waals surface area contributed by atoms with Crippen LogP contribution in [0.25, 0.3) is 0 Å². The van der Waals surface area contributed by atoms with Gasteiger partial charge in [0.05, 0.1) is 0 Å². The fraction of sp³-hybridized carbons (Fsp3) is 0.684. The Kier molecular flexibility index (Phi) is 6.21. The van der Waals surface area contributed by atoms with Crippen molar-refractivity contribution in [3.05, 3.63) is 30.1 Å². The second-order valence-electron chi connectivity index (χ2n) is 7.05. The van der Waals surface area contributed by atoms with Crippen LogP contribution in [0.2, 0.25) is 0 Å². The summed E-state index contributed by atoms with van der Waals surface area (Å²) in [6.45, 7) is 8.60. The van der Waals surface area contributed by atoms with Crippen LogP contribution in [0.15, 0.2) is 24.5 Å². The zero-order chi connectivity index (χ0) is 16.8. The number of carbonyl (C=O) groups is 1. The molecule has 0 saturated carbocycles. The van der Waals surface area contributed by atoms with Gasteiger partial charge in [0.1, 0.15) is 0 Å².